The monoisotopic (exact) mass is 194 g/mol. The first-order chi connectivity index (χ1) is 6.74. The van der Waals surface area contributed by atoms with E-state index in [9.17, 15) is 0 Å². The smallest absolute Gasteiger partial charge is 0.119 e. The Morgan fingerprint density at radius 2 is 1.79 bits per heavy atom. The highest BCUT2D eigenvalue weighted by Gasteiger charge is 2.12. The van der Waals surface area contributed by atoms with Gasteiger partial charge in [-0.15, -0.1) is 0 Å². The highest BCUT2D eigenvalue weighted by molar-refractivity contribution is 5.21. The first kappa shape index (κ1) is 11.1. The fourth-order valence-electron chi connectivity index (χ4n) is 1.23. The molecule has 2 nitrogen and oxygen atoms in total. The molecule has 0 aliphatic rings. The van der Waals surface area contributed by atoms with Crippen LogP contribution in [0.3, 0.4) is 0 Å². The summed E-state index contributed by atoms with van der Waals surface area (Å²) in [5.41, 5.74) is 0. The molecule has 0 N–H and O–H groups in total. The van der Waals surface area contributed by atoms with Crippen molar-refractivity contribution in [2.24, 2.45) is 5.92 Å². The zero-order chi connectivity index (χ0) is 10.4. The first-order valence-electron chi connectivity index (χ1n) is 4.94. The van der Waals surface area contributed by atoms with Gasteiger partial charge >= 0.3 is 0 Å². The van der Waals surface area contributed by atoms with Gasteiger partial charge in [-0.05, 0) is 19.1 Å². The summed E-state index contributed by atoms with van der Waals surface area (Å²) >= 11 is 0. The molecule has 1 aromatic rings. The molecule has 0 aliphatic carbocycles. The van der Waals surface area contributed by atoms with Gasteiger partial charge < -0.3 is 9.47 Å². The Balaban J connectivity index is 2.44. The van der Waals surface area contributed by atoms with Crippen molar-refractivity contribution in [1.82, 2.24) is 0 Å². The molecule has 0 unspecified atom stereocenters. The standard InChI is InChI=1S/C12H18O2/c1-10(9-13-3)11(2)14-12-7-5-4-6-8-12/h4-8,10-11H,9H2,1-3H3/t10-,11+/m1/s1. The van der Waals surface area contributed by atoms with E-state index in [1.54, 1.807) is 7.11 Å². The molecule has 1 aromatic carbocycles. The van der Waals surface area contributed by atoms with Gasteiger partial charge in [0.25, 0.3) is 0 Å². The van der Waals surface area contributed by atoms with Crippen LogP contribution < -0.4 is 4.74 Å². The summed E-state index contributed by atoms with van der Waals surface area (Å²) in [6.45, 7) is 4.92. The summed E-state index contributed by atoms with van der Waals surface area (Å²) in [5, 5.41) is 0. The Hall–Kier alpha value is -1.02. The minimum absolute atomic E-state index is 0.178. The minimum Gasteiger partial charge on any atom is -0.490 e. The Morgan fingerprint density at radius 1 is 1.14 bits per heavy atom. The number of hydrogen-bond acceptors (Lipinski definition) is 2. The predicted molar refractivity (Wildman–Crippen MR) is 57.6 cm³/mol. The lowest BCUT2D eigenvalue weighted by atomic mass is 10.1. The second kappa shape index (κ2) is 5.66. The van der Waals surface area contributed by atoms with Gasteiger partial charge in [-0.3, -0.25) is 0 Å². The maximum Gasteiger partial charge on any atom is 0.119 e. The van der Waals surface area contributed by atoms with E-state index in [4.69, 9.17) is 9.47 Å². The normalized spacial score (nSPS) is 14.8. The zero-order valence-corrected chi connectivity index (χ0v) is 9.07. The van der Waals surface area contributed by atoms with Crippen molar-refractivity contribution < 1.29 is 9.47 Å². The molecule has 0 spiro atoms. The van der Waals surface area contributed by atoms with Gasteiger partial charge in [-0.1, -0.05) is 25.1 Å². The van der Waals surface area contributed by atoms with Crippen LogP contribution in [-0.4, -0.2) is 19.8 Å². The van der Waals surface area contributed by atoms with Crippen LogP contribution >= 0.6 is 0 Å². The van der Waals surface area contributed by atoms with Crippen LogP contribution in [0.5, 0.6) is 5.75 Å². The summed E-state index contributed by atoms with van der Waals surface area (Å²) in [4.78, 5) is 0. The molecular weight excluding hydrogens is 176 g/mol. The fraction of sp³-hybridized carbons (Fsp3) is 0.500. The Morgan fingerprint density at radius 3 is 2.36 bits per heavy atom. The predicted octanol–water partition coefficient (Wildman–Crippen LogP) is 2.74. The van der Waals surface area contributed by atoms with Gasteiger partial charge in [-0.2, -0.15) is 0 Å². The summed E-state index contributed by atoms with van der Waals surface area (Å²) in [5.74, 6) is 1.32. The molecule has 0 radical (unpaired) electrons. The van der Waals surface area contributed by atoms with Gasteiger partial charge in [0.15, 0.2) is 0 Å². The van der Waals surface area contributed by atoms with Gasteiger partial charge in [0.05, 0.1) is 6.61 Å². The van der Waals surface area contributed by atoms with E-state index in [2.05, 4.69) is 13.8 Å². The molecule has 14 heavy (non-hydrogen) atoms. The van der Waals surface area contributed by atoms with E-state index in [1.165, 1.54) is 0 Å². The maximum atomic E-state index is 5.75. The molecule has 0 aromatic heterocycles. The van der Waals surface area contributed by atoms with E-state index in [0.29, 0.717) is 5.92 Å². The molecule has 0 saturated carbocycles. The van der Waals surface area contributed by atoms with Crippen molar-refractivity contribution in [2.45, 2.75) is 20.0 Å². The average Bonchev–Trinajstić information content (AvgIpc) is 2.19. The van der Waals surface area contributed by atoms with Crippen molar-refractivity contribution in [2.75, 3.05) is 13.7 Å². The van der Waals surface area contributed by atoms with Crippen LogP contribution in [0.15, 0.2) is 30.3 Å². The van der Waals surface area contributed by atoms with E-state index in [-0.39, 0.29) is 6.10 Å². The fourth-order valence-corrected chi connectivity index (χ4v) is 1.23. The van der Waals surface area contributed by atoms with Crippen molar-refractivity contribution in [3.63, 3.8) is 0 Å². The lowest BCUT2D eigenvalue weighted by Gasteiger charge is -2.20. The molecule has 2 atom stereocenters. The molecule has 0 aliphatic heterocycles. The molecule has 0 amide bonds. The van der Waals surface area contributed by atoms with Crippen molar-refractivity contribution >= 4 is 0 Å². The van der Waals surface area contributed by atoms with Gasteiger partial charge in [0, 0.05) is 13.0 Å². The average molecular weight is 194 g/mol. The van der Waals surface area contributed by atoms with Crippen molar-refractivity contribution in [3.8, 4) is 5.75 Å². The molecule has 0 saturated heterocycles. The van der Waals surface area contributed by atoms with Crippen LogP contribution in [0, 0.1) is 5.92 Å². The third-order valence-electron chi connectivity index (χ3n) is 2.30. The highest BCUT2D eigenvalue weighted by atomic mass is 16.5. The van der Waals surface area contributed by atoms with E-state index >= 15 is 0 Å². The number of para-hydroxylation sites is 1. The topological polar surface area (TPSA) is 18.5 Å². The second-order valence-corrected chi connectivity index (χ2v) is 3.57. The van der Waals surface area contributed by atoms with E-state index in [1.807, 2.05) is 30.3 Å². The second-order valence-electron chi connectivity index (χ2n) is 3.57. The molecular formula is C12H18O2. The molecule has 0 bridgehead atoms. The summed E-state index contributed by atoms with van der Waals surface area (Å²) < 4.78 is 10.8. The molecule has 1 rings (SSSR count). The Labute approximate surface area is 85.8 Å². The number of ether oxygens (including phenoxy) is 2. The SMILES string of the molecule is COC[C@@H](C)[C@H](C)Oc1ccccc1. The van der Waals surface area contributed by atoms with Crippen molar-refractivity contribution in [3.05, 3.63) is 30.3 Å². The lowest BCUT2D eigenvalue weighted by Crippen LogP contribution is -2.24. The number of hydrogen-bond donors (Lipinski definition) is 0. The van der Waals surface area contributed by atoms with Crippen LogP contribution in [0.25, 0.3) is 0 Å². The summed E-state index contributed by atoms with van der Waals surface area (Å²) in [6, 6.07) is 9.87. The van der Waals surface area contributed by atoms with E-state index in [0.717, 1.165) is 12.4 Å². The summed E-state index contributed by atoms with van der Waals surface area (Å²) in [6.07, 6.45) is 0.178. The highest BCUT2D eigenvalue weighted by Crippen LogP contribution is 2.15. The first-order valence-corrected chi connectivity index (χ1v) is 4.94. The Bertz CT molecular complexity index is 246. The van der Waals surface area contributed by atoms with E-state index < -0.39 is 0 Å². The number of methoxy groups -OCH3 is 1. The van der Waals surface area contributed by atoms with Crippen LogP contribution in [0.2, 0.25) is 0 Å². The van der Waals surface area contributed by atoms with Gasteiger partial charge in [-0.25, -0.2) is 0 Å². The quantitative estimate of drug-likeness (QED) is 0.717. The minimum atomic E-state index is 0.178. The summed E-state index contributed by atoms with van der Waals surface area (Å²) in [7, 11) is 1.71. The molecule has 78 valence electrons. The number of benzene rings is 1. The van der Waals surface area contributed by atoms with Gasteiger partial charge in [0.2, 0.25) is 0 Å². The molecule has 2 heteroatoms. The van der Waals surface area contributed by atoms with Crippen LogP contribution in [0.1, 0.15) is 13.8 Å². The lowest BCUT2D eigenvalue weighted by molar-refractivity contribution is 0.0827. The Kier molecular flexibility index (Phi) is 4.47. The molecule has 0 heterocycles. The zero-order valence-electron chi connectivity index (χ0n) is 9.07. The third-order valence-corrected chi connectivity index (χ3v) is 2.30. The van der Waals surface area contributed by atoms with Crippen molar-refractivity contribution in [1.29, 1.82) is 0 Å². The maximum absolute atomic E-state index is 5.75. The third kappa shape index (κ3) is 3.38. The number of rotatable bonds is 5. The van der Waals surface area contributed by atoms with Crippen LogP contribution in [-0.2, 0) is 4.74 Å². The molecule has 0 fully saturated rings. The largest absolute Gasteiger partial charge is 0.490 e. The van der Waals surface area contributed by atoms with Gasteiger partial charge in [0.1, 0.15) is 11.9 Å². The van der Waals surface area contributed by atoms with Crippen LogP contribution in [0.4, 0.5) is 0 Å².